The molecule has 2 heterocycles. The van der Waals surface area contributed by atoms with E-state index in [1.807, 2.05) is 44.3 Å². The molecule has 5 nitrogen and oxygen atoms in total. The van der Waals surface area contributed by atoms with Crippen molar-refractivity contribution < 1.29 is 9.59 Å². The third-order valence-corrected chi connectivity index (χ3v) is 4.89. The second-order valence-electron chi connectivity index (χ2n) is 6.41. The van der Waals surface area contributed by atoms with E-state index in [0.29, 0.717) is 18.7 Å². The summed E-state index contributed by atoms with van der Waals surface area (Å²) in [4.78, 5) is 33.3. The standard InChI is InChI=1S/C20H23N3O2/c1-15(16-9-4-3-5-10-16)22(2)20(25)18-12-8-14-23(18)19(24)17-11-6-7-13-21-17/h3-7,9-11,13,15,18H,8,12,14H2,1-2H3/t15-,18-/m0/s1. The van der Waals surface area contributed by atoms with E-state index in [0.717, 1.165) is 12.0 Å². The molecule has 1 aliphatic heterocycles. The van der Waals surface area contributed by atoms with E-state index in [4.69, 9.17) is 0 Å². The Morgan fingerprint density at radius 3 is 2.56 bits per heavy atom. The molecule has 0 spiro atoms. The Labute approximate surface area is 148 Å². The highest BCUT2D eigenvalue weighted by Crippen LogP contribution is 2.25. The van der Waals surface area contributed by atoms with Crippen molar-refractivity contribution in [2.24, 2.45) is 0 Å². The Morgan fingerprint density at radius 2 is 1.88 bits per heavy atom. The summed E-state index contributed by atoms with van der Waals surface area (Å²) < 4.78 is 0. The van der Waals surface area contributed by atoms with Crippen LogP contribution in [0.1, 0.15) is 41.9 Å². The third kappa shape index (κ3) is 3.55. The molecule has 1 saturated heterocycles. The molecule has 25 heavy (non-hydrogen) atoms. The molecule has 0 unspecified atom stereocenters. The number of nitrogens with zero attached hydrogens (tertiary/aromatic N) is 3. The molecule has 2 aromatic rings. The Kier molecular flexibility index (Phi) is 5.12. The first kappa shape index (κ1) is 17.1. The van der Waals surface area contributed by atoms with Gasteiger partial charge in [-0.2, -0.15) is 0 Å². The highest BCUT2D eigenvalue weighted by atomic mass is 16.2. The average Bonchev–Trinajstić information content (AvgIpc) is 3.16. The van der Waals surface area contributed by atoms with Crippen molar-refractivity contribution in [1.29, 1.82) is 0 Å². The third-order valence-electron chi connectivity index (χ3n) is 4.89. The fraction of sp³-hybridized carbons (Fsp3) is 0.350. The summed E-state index contributed by atoms with van der Waals surface area (Å²) in [7, 11) is 1.81. The number of likely N-dealkylation sites (N-methyl/N-ethyl adjacent to an activating group) is 1. The minimum absolute atomic E-state index is 0.0156. The summed E-state index contributed by atoms with van der Waals surface area (Å²) in [5, 5.41) is 0. The van der Waals surface area contributed by atoms with E-state index in [1.54, 1.807) is 34.2 Å². The molecule has 1 aromatic heterocycles. The molecule has 2 atom stereocenters. The van der Waals surface area contributed by atoms with Crippen LogP contribution in [0.2, 0.25) is 0 Å². The molecule has 1 aliphatic rings. The van der Waals surface area contributed by atoms with Crippen molar-refractivity contribution in [3.63, 3.8) is 0 Å². The summed E-state index contributed by atoms with van der Waals surface area (Å²) in [5.74, 6) is -0.185. The highest BCUT2D eigenvalue weighted by molar-refractivity contribution is 5.96. The molecule has 0 bridgehead atoms. The van der Waals surface area contributed by atoms with Crippen molar-refractivity contribution in [2.75, 3.05) is 13.6 Å². The highest BCUT2D eigenvalue weighted by Gasteiger charge is 2.37. The van der Waals surface area contributed by atoms with Crippen LogP contribution in [0.25, 0.3) is 0 Å². The normalized spacial score (nSPS) is 18.0. The van der Waals surface area contributed by atoms with Crippen LogP contribution in [0.3, 0.4) is 0 Å². The molecular formula is C20H23N3O2. The van der Waals surface area contributed by atoms with Crippen LogP contribution in [-0.4, -0.2) is 46.2 Å². The molecule has 0 saturated carbocycles. The van der Waals surface area contributed by atoms with Gasteiger partial charge in [0.05, 0.1) is 6.04 Å². The van der Waals surface area contributed by atoms with E-state index >= 15 is 0 Å². The SMILES string of the molecule is C[C@@H](c1ccccc1)N(C)C(=O)[C@@H]1CCCN1C(=O)c1ccccn1. The second kappa shape index (κ2) is 7.47. The lowest BCUT2D eigenvalue weighted by Gasteiger charge is -2.31. The van der Waals surface area contributed by atoms with E-state index in [9.17, 15) is 9.59 Å². The maximum absolute atomic E-state index is 13.0. The largest absolute Gasteiger partial charge is 0.337 e. The molecule has 1 fully saturated rings. The van der Waals surface area contributed by atoms with Gasteiger partial charge in [0.25, 0.3) is 5.91 Å². The van der Waals surface area contributed by atoms with Crippen LogP contribution < -0.4 is 0 Å². The Morgan fingerprint density at radius 1 is 1.16 bits per heavy atom. The number of hydrogen-bond donors (Lipinski definition) is 0. The first-order valence-electron chi connectivity index (χ1n) is 8.63. The first-order chi connectivity index (χ1) is 12.1. The van der Waals surface area contributed by atoms with Crippen LogP contribution in [-0.2, 0) is 4.79 Å². The number of amides is 2. The van der Waals surface area contributed by atoms with Gasteiger partial charge in [0.1, 0.15) is 11.7 Å². The van der Waals surface area contributed by atoms with Crippen molar-refractivity contribution in [3.05, 3.63) is 66.0 Å². The molecule has 0 aliphatic carbocycles. The minimum Gasteiger partial charge on any atom is -0.337 e. The summed E-state index contributed by atoms with van der Waals surface area (Å²) in [6.07, 6.45) is 3.13. The van der Waals surface area contributed by atoms with Gasteiger partial charge in [-0.15, -0.1) is 0 Å². The smallest absolute Gasteiger partial charge is 0.273 e. The maximum atomic E-state index is 13.0. The van der Waals surface area contributed by atoms with Gasteiger partial charge in [-0.25, -0.2) is 0 Å². The second-order valence-corrected chi connectivity index (χ2v) is 6.41. The summed E-state index contributed by atoms with van der Waals surface area (Å²) in [6.45, 7) is 2.60. The zero-order valence-corrected chi connectivity index (χ0v) is 14.6. The quantitative estimate of drug-likeness (QED) is 0.862. The number of aromatic nitrogens is 1. The number of benzene rings is 1. The van der Waals surface area contributed by atoms with Gasteiger partial charge in [0.15, 0.2) is 0 Å². The monoisotopic (exact) mass is 337 g/mol. The summed E-state index contributed by atoms with van der Waals surface area (Å²) in [5.41, 5.74) is 1.47. The van der Waals surface area contributed by atoms with Gasteiger partial charge in [0.2, 0.25) is 5.91 Å². The van der Waals surface area contributed by atoms with E-state index in [-0.39, 0.29) is 17.9 Å². The topological polar surface area (TPSA) is 53.5 Å². The Hall–Kier alpha value is -2.69. The number of carbonyl (C=O) groups is 2. The number of likely N-dealkylation sites (tertiary alicyclic amines) is 1. The lowest BCUT2D eigenvalue weighted by atomic mass is 10.1. The van der Waals surface area contributed by atoms with Crippen molar-refractivity contribution in [3.8, 4) is 0 Å². The Balaban J connectivity index is 1.75. The fourth-order valence-corrected chi connectivity index (χ4v) is 3.28. The number of carbonyl (C=O) groups excluding carboxylic acids is 2. The van der Waals surface area contributed by atoms with Crippen molar-refractivity contribution >= 4 is 11.8 Å². The first-order valence-corrected chi connectivity index (χ1v) is 8.63. The fourth-order valence-electron chi connectivity index (χ4n) is 3.28. The van der Waals surface area contributed by atoms with E-state index in [1.165, 1.54) is 0 Å². The molecule has 2 amide bonds. The van der Waals surface area contributed by atoms with Crippen LogP contribution in [0.5, 0.6) is 0 Å². The maximum Gasteiger partial charge on any atom is 0.273 e. The molecule has 1 aromatic carbocycles. The number of pyridine rings is 1. The molecular weight excluding hydrogens is 314 g/mol. The summed E-state index contributed by atoms with van der Waals surface area (Å²) in [6, 6.07) is 14.7. The van der Waals surface area contributed by atoms with Crippen LogP contribution in [0.15, 0.2) is 54.7 Å². The minimum atomic E-state index is -0.411. The molecule has 3 rings (SSSR count). The number of rotatable bonds is 4. The van der Waals surface area contributed by atoms with Crippen LogP contribution >= 0.6 is 0 Å². The van der Waals surface area contributed by atoms with Gasteiger partial charge in [-0.1, -0.05) is 36.4 Å². The van der Waals surface area contributed by atoms with Crippen molar-refractivity contribution in [2.45, 2.75) is 31.8 Å². The zero-order chi connectivity index (χ0) is 17.8. The van der Waals surface area contributed by atoms with Crippen molar-refractivity contribution in [1.82, 2.24) is 14.8 Å². The predicted octanol–water partition coefficient (Wildman–Crippen LogP) is 2.91. The van der Waals surface area contributed by atoms with E-state index in [2.05, 4.69) is 4.98 Å². The van der Waals surface area contributed by atoms with Gasteiger partial charge in [0, 0.05) is 19.8 Å². The lowest BCUT2D eigenvalue weighted by Crippen LogP contribution is -2.47. The van der Waals surface area contributed by atoms with Gasteiger partial charge in [-0.05, 0) is 37.5 Å². The number of hydrogen-bond acceptors (Lipinski definition) is 3. The van der Waals surface area contributed by atoms with E-state index < -0.39 is 6.04 Å². The molecule has 5 heteroatoms. The molecule has 0 radical (unpaired) electrons. The van der Waals surface area contributed by atoms with Gasteiger partial charge in [-0.3, -0.25) is 14.6 Å². The lowest BCUT2D eigenvalue weighted by molar-refractivity contribution is -0.135. The van der Waals surface area contributed by atoms with Gasteiger partial charge >= 0.3 is 0 Å². The summed E-state index contributed by atoms with van der Waals surface area (Å²) >= 11 is 0. The molecule has 0 N–H and O–H groups in total. The zero-order valence-electron chi connectivity index (χ0n) is 14.6. The van der Waals surface area contributed by atoms with Crippen LogP contribution in [0, 0.1) is 0 Å². The molecule has 130 valence electrons. The average molecular weight is 337 g/mol. The Bertz CT molecular complexity index is 733. The van der Waals surface area contributed by atoms with Crippen LogP contribution in [0.4, 0.5) is 0 Å². The predicted molar refractivity (Wildman–Crippen MR) is 95.9 cm³/mol. The van der Waals surface area contributed by atoms with Gasteiger partial charge < -0.3 is 9.80 Å².